The van der Waals surface area contributed by atoms with E-state index in [4.69, 9.17) is 5.11 Å². The molecule has 0 heterocycles. The summed E-state index contributed by atoms with van der Waals surface area (Å²) in [6.07, 6.45) is 1.29. The number of aliphatic hydroxyl groups excluding tert-OH is 1. The van der Waals surface area contributed by atoms with Crippen LogP contribution in [-0.4, -0.2) is 12.2 Å². The Kier molecular flexibility index (Phi) is 12.3. The van der Waals surface area contributed by atoms with Crippen molar-refractivity contribution < 1.29 is 5.11 Å². The topological polar surface area (TPSA) is 20.2 Å². The quantitative estimate of drug-likeness (QED) is 0.609. The highest BCUT2D eigenvalue weighted by molar-refractivity contribution is 4.71. The first-order chi connectivity index (χ1) is 5.71. The molecule has 1 N–H and O–H groups in total. The predicted molar refractivity (Wildman–Crippen MR) is 63.0 cm³/mol. The second-order valence-electron chi connectivity index (χ2n) is 5.30. The first-order valence-electron chi connectivity index (χ1n) is 5.15. The van der Waals surface area contributed by atoms with E-state index in [9.17, 15) is 0 Å². The van der Waals surface area contributed by atoms with Crippen LogP contribution in [0.15, 0.2) is 0 Å². The lowest BCUT2D eigenvalue weighted by Gasteiger charge is -2.28. The second-order valence-corrected chi connectivity index (χ2v) is 5.30. The molecule has 13 heavy (non-hydrogen) atoms. The lowest BCUT2D eigenvalue weighted by atomic mass is 9.78. The molecule has 0 atom stereocenters. The van der Waals surface area contributed by atoms with Crippen molar-refractivity contribution >= 4 is 0 Å². The summed E-state index contributed by atoms with van der Waals surface area (Å²) in [7, 11) is 1.00. The molecule has 0 unspecified atom stereocenters. The van der Waals surface area contributed by atoms with Crippen LogP contribution in [0.4, 0.5) is 0 Å². The van der Waals surface area contributed by atoms with Gasteiger partial charge in [-0.25, -0.2) is 0 Å². The highest BCUT2D eigenvalue weighted by atomic mass is 16.2. The summed E-state index contributed by atoms with van der Waals surface area (Å²) in [6, 6.07) is 0. The van der Waals surface area contributed by atoms with Crippen molar-refractivity contribution in [3.63, 3.8) is 0 Å². The van der Waals surface area contributed by atoms with Crippen LogP contribution >= 0.6 is 0 Å². The molecule has 0 amide bonds. The van der Waals surface area contributed by atoms with Crippen LogP contribution in [-0.2, 0) is 0 Å². The molecule has 0 aliphatic rings. The van der Waals surface area contributed by atoms with Gasteiger partial charge in [-0.2, -0.15) is 0 Å². The molecule has 0 bridgehead atoms. The number of hydrogen-bond donors (Lipinski definition) is 1. The van der Waals surface area contributed by atoms with Crippen molar-refractivity contribution in [1.29, 1.82) is 0 Å². The van der Waals surface area contributed by atoms with Gasteiger partial charge >= 0.3 is 0 Å². The van der Waals surface area contributed by atoms with Gasteiger partial charge in [-0.1, -0.05) is 55.4 Å². The molecule has 0 aliphatic heterocycles. The normalized spacial score (nSPS) is 10.6. The van der Waals surface area contributed by atoms with Gasteiger partial charge in [0.15, 0.2) is 0 Å². The molecule has 0 radical (unpaired) electrons. The summed E-state index contributed by atoms with van der Waals surface area (Å²) in [4.78, 5) is 0. The zero-order valence-electron chi connectivity index (χ0n) is 11.2. The molecule has 0 fully saturated rings. The molecule has 0 rings (SSSR count). The molecule has 0 aromatic carbocycles. The SMILES string of the molecule is CC.CC(C)(C)CC(C)(C)C.CO. The second kappa shape index (κ2) is 8.55. The maximum atomic E-state index is 7.00. The highest BCUT2D eigenvalue weighted by Gasteiger charge is 2.20. The van der Waals surface area contributed by atoms with Gasteiger partial charge in [0.25, 0.3) is 0 Å². The molecule has 84 valence electrons. The summed E-state index contributed by atoms with van der Waals surface area (Å²) in [6.45, 7) is 17.7. The standard InChI is InChI=1S/C9H20.C2H6.CH4O/c1-8(2,3)7-9(4,5)6;2*1-2/h7H2,1-6H3;1-2H3;2H,1H3. The first-order valence-corrected chi connectivity index (χ1v) is 5.15. The van der Waals surface area contributed by atoms with Gasteiger partial charge in [0.1, 0.15) is 0 Å². The van der Waals surface area contributed by atoms with E-state index in [2.05, 4.69) is 41.5 Å². The molecule has 0 saturated heterocycles. The highest BCUT2D eigenvalue weighted by Crippen LogP contribution is 2.31. The van der Waals surface area contributed by atoms with Gasteiger partial charge in [-0.05, 0) is 17.3 Å². The maximum absolute atomic E-state index is 7.00. The van der Waals surface area contributed by atoms with Crippen molar-refractivity contribution in [2.24, 2.45) is 10.8 Å². The van der Waals surface area contributed by atoms with Gasteiger partial charge in [-0.3, -0.25) is 0 Å². The van der Waals surface area contributed by atoms with E-state index in [0.717, 1.165) is 7.11 Å². The molecule has 1 heteroatoms. The molecule has 0 aromatic heterocycles. The fourth-order valence-corrected chi connectivity index (χ4v) is 1.59. The van der Waals surface area contributed by atoms with Crippen LogP contribution in [0.25, 0.3) is 0 Å². The van der Waals surface area contributed by atoms with Gasteiger partial charge in [0, 0.05) is 7.11 Å². The van der Waals surface area contributed by atoms with Crippen molar-refractivity contribution in [2.45, 2.75) is 61.8 Å². The van der Waals surface area contributed by atoms with Crippen LogP contribution < -0.4 is 0 Å². The van der Waals surface area contributed by atoms with Crippen LogP contribution in [0, 0.1) is 10.8 Å². The van der Waals surface area contributed by atoms with Crippen LogP contribution in [0.1, 0.15) is 61.8 Å². The molecular weight excluding hydrogens is 160 g/mol. The third-order valence-electron chi connectivity index (χ3n) is 1.06. The number of hydrogen-bond acceptors (Lipinski definition) is 1. The summed E-state index contributed by atoms with van der Waals surface area (Å²) in [5.74, 6) is 0. The van der Waals surface area contributed by atoms with E-state index in [1.54, 1.807) is 0 Å². The fraction of sp³-hybridized carbons (Fsp3) is 1.00. The molecule has 0 saturated carbocycles. The Morgan fingerprint density at radius 3 is 0.846 bits per heavy atom. The van der Waals surface area contributed by atoms with E-state index in [1.165, 1.54) is 6.42 Å². The monoisotopic (exact) mass is 190 g/mol. The summed E-state index contributed by atoms with van der Waals surface area (Å²) in [5, 5.41) is 7.00. The van der Waals surface area contributed by atoms with Gasteiger partial charge in [0.05, 0.1) is 0 Å². The minimum atomic E-state index is 0.484. The first kappa shape index (κ1) is 18.7. The third kappa shape index (κ3) is 33.4. The lowest BCUT2D eigenvalue weighted by Crippen LogP contribution is -2.16. The van der Waals surface area contributed by atoms with Gasteiger partial charge in [0.2, 0.25) is 0 Å². The Balaban J connectivity index is -0.000000218. The van der Waals surface area contributed by atoms with E-state index in [1.807, 2.05) is 13.8 Å². The minimum Gasteiger partial charge on any atom is -0.400 e. The van der Waals surface area contributed by atoms with Crippen LogP contribution in [0.3, 0.4) is 0 Å². The summed E-state index contributed by atoms with van der Waals surface area (Å²) < 4.78 is 0. The Morgan fingerprint density at radius 2 is 0.846 bits per heavy atom. The smallest absolute Gasteiger partial charge is 0.0319 e. The Hall–Kier alpha value is -0.0400. The van der Waals surface area contributed by atoms with Gasteiger partial charge in [-0.15, -0.1) is 0 Å². The Morgan fingerprint density at radius 1 is 0.692 bits per heavy atom. The van der Waals surface area contributed by atoms with Gasteiger partial charge < -0.3 is 5.11 Å². The molecule has 0 spiro atoms. The van der Waals surface area contributed by atoms with Crippen molar-refractivity contribution in [2.75, 3.05) is 7.11 Å². The average molecular weight is 190 g/mol. The largest absolute Gasteiger partial charge is 0.400 e. The Bertz CT molecular complexity index is 70.3. The van der Waals surface area contributed by atoms with Crippen molar-refractivity contribution in [1.82, 2.24) is 0 Å². The van der Waals surface area contributed by atoms with E-state index in [-0.39, 0.29) is 0 Å². The number of aliphatic hydroxyl groups is 1. The number of rotatable bonds is 0. The summed E-state index contributed by atoms with van der Waals surface area (Å²) >= 11 is 0. The molecule has 0 aliphatic carbocycles. The minimum absolute atomic E-state index is 0.484. The van der Waals surface area contributed by atoms with Crippen LogP contribution in [0.5, 0.6) is 0 Å². The zero-order valence-corrected chi connectivity index (χ0v) is 11.2. The van der Waals surface area contributed by atoms with Crippen LogP contribution in [0.2, 0.25) is 0 Å². The molecule has 0 aromatic rings. The zero-order chi connectivity index (χ0) is 11.7. The van der Waals surface area contributed by atoms with E-state index in [0.29, 0.717) is 10.8 Å². The Labute approximate surface area is 85.6 Å². The predicted octanol–water partition coefficient (Wildman–Crippen LogP) is 4.10. The third-order valence-corrected chi connectivity index (χ3v) is 1.06. The average Bonchev–Trinajstić information content (AvgIpc) is 1.88. The fourth-order valence-electron chi connectivity index (χ4n) is 1.59. The summed E-state index contributed by atoms with van der Waals surface area (Å²) in [5.41, 5.74) is 0.969. The van der Waals surface area contributed by atoms with Crippen molar-refractivity contribution in [3.8, 4) is 0 Å². The van der Waals surface area contributed by atoms with E-state index < -0.39 is 0 Å². The molecular formula is C12H30O. The van der Waals surface area contributed by atoms with Crippen molar-refractivity contribution in [3.05, 3.63) is 0 Å². The van der Waals surface area contributed by atoms with E-state index >= 15 is 0 Å². The lowest BCUT2D eigenvalue weighted by molar-refractivity contribution is 0.233. The maximum Gasteiger partial charge on any atom is 0.0319 e. The molecule has 1 nitrogen and oxygen atoms in total.